The van der Waals surface area contributed by atoms with Crippen molar-refractivity contribution in [2.45, 2.75) is 46.1 Å². The number of likely N-dealkylation sites (tertiary alicyclic amines) is 1. The summed E-state index contributed by atoms with van der Waals surface area (Å²) in [6, 6.07) is -1.14. The minimum absolute atomic E-state index is 0.00120. The van der Waals surface area contributed by atoms with E-state index in [0.29, 0.717) is 0 Å². The molecule has 7 heteroatoms. The number of carboxylic acid groups (broad SMARTS) is 1. The van der Waals surface area contributed by atoms with Crippen LogP contribution in [0.15, 0.2) is 0 Å². The normalized spacial score (nSPS) is 17.0. The van der Waals surface area contributed by atoms with E-state index in [1.807, 2.05) is 0 Å². The van der Waals surface area contributed by atoms with E-state index in [4.69, 9.17) is 5.11 Å². The van der Waals surface area contributed by atoms with Gasteiger partial charge in [0.25, 0.3) is 0 Å². The number of carboxylic acids is 1. The minimum atomic E-state index is -1.04. The van der Waals surface area contributed by atoms with Crippen LogP contribution in [0, 0.1) is 5.41 Å². The summed E-state index contributed by atoms with van der Waals surface area (Å²) in [5.74, 6) is -1.08. The summed E-state index contributed by atoms with van der Waals surface area (Å²) < 4.78 is 0. The third-order valence-corrected chi connectivity index (χ3v) is 3.66. The fourth-order valence-corrected chi connectivity index (χ4v) is 2.07. The topological polar surface area (TPSA) is 98.7 Å². The highest BCUT2D eigenvalue weighted by Crippen LogP contribution is 2.13. The van der Waals surface area contributed by atoms with Gasteiger partial charge in [-0.15, -0.1) is 0 Å². The Hall–Kier alpha value is -1.79. The lowest BCUT2D eigenvalue weighted by Crippen LogP contribution is -2.52. The third-order valence-electron chi connectivity index (χ3n) is 3.66. The van der Waals surface area contributed by atoms with Crippen LogP contribution in [0.5, 0.6) is 0 Å². The summed E-state index contributed by atoms with van der Waals surface area (Å²) in [4.78, 5) is 36.6. The average Bonchev–Trinajstić information content (AvgIpc) is 2.45. The summed E-state index contributed by atoms with van der Waals surface area (Å²) in [6.07, 6.45) is 3.13. The van der Waals surface area contributed by atoms with Crippen molar-refractivity contribution in [1.29, 1.82) is 0 Å². The zero-order chi connectivity index (χ0) is 16.0. The van der Waals surface area contributed by atoms with Crippen LogP contribution in [-0.4, -0.2) is 53.6 Å². The van der Waals surface area contributed by atoms with Gasteiger partial charge in [-0.3, -0.25) is 9.59 Å². The van der Waals surface area contributed by atoms with Gasteiger partial charge in [0.15, 0.2) is 0 Å². The van der Waals surface area contributed by atoms with E-state index < -0.39 is 23.5 Å². The van der Waals surface area contributed by atoms with Crippen LogP contribution < -0.4 is 10.6 Å². The van der Waals surface area contributed by atoms with E-state index in [-0.39, 0.29) is 12.5 Å². The molecule has 1 heterocycles. The highest BCUT2D eigenvalue weighted by molar-refractivity contribution is 5.87. The molecular weight excluding hydrogens is 274 g/mol. The van der Waals surface area contributed by atoms with Crippen LogP contribution in [-0.2, 0) is 9.59 Å². The van der Waals surface area contributed by atoms with Crippen LogP contribution in [0.3, 0.4) is 0 Å². The first-order valence-corrected chi connectivity index (χ1v) is 7.30. The molecule has 7 nitrogen and oxygen atoms in total. The lowest BCUT2D eigenvalue weighted by Gasteiger charge is -2.29. The van der Waals surface area contributed by atoms with E-state index in [0.717, 1.165) is 32.4 Å². The molecule has 1 aliphatic rings. The molecule has 0 spiro atoms. The molecule has 0 saturated carbocycles. The summed E-state index contributed by atoms with van der Waals surface area (Å²) in [6.45, 7) is 6.16. The van der Waals surface area contributed by atoms with Gasteiger partial charge in [0, 0.05) is 19.6 Å². The number of nitrogens with zero attached hydrogens (tertiary/aromatic N) is 1. The van der Waals surface area contributed by atoms with E-state index >= 15 is 0 Å². The lowest BCUT2D eigenvalue weighted by molar-refractivity contribution is -0.146. The highest BCUT2D eigenvalue weighted by Gasteiger charge is 2.28. The molecule has 1 saturated heterocycles. The molecule has 0 bridgehead atoms. The van der Waals surface area contributed by atoms with Gasteiger partial charge in [0.2, 0.25) is 5.91 Å². The van der Waals surface area contributed by atoms with Gasteiger partial charge in [0.1, 0.15) is 6.04 Å². The molecular formula is C14H25N3O4. The summed E-state index contributed by atoms with van der Waals surface area (Å²) >= 11 is 0. The van der Waals surface area contributed by atoms with E-state index in [1.54, 1.807) is 11.8 Å². The van der Waals surface area contributed by atoms with Gasteiger partial charge in [0.05, 0.1) is 5.41 Å². The molecule has 0 aliphatic carbocycles. The van der Waals surface area contributed by atoms with E-state index in [1.165, 1.54) is 13.8 Å². The Morgan fingerprint density at radius 3 is 2.29 bits per heavy atom. The second kappa shape index (κ2) is 7.28. The van der Waals surface area contributed by atoms with Crippen molar-refractivity contribution < 1.29 is 19.5 Å². The monoisotopic (exact) mass is 299 g/mol. The first-order chi connectivity index (χ1) is 9.74. The van der Waals surface area contributed by atoms with E-state index in [9.17, 15) is 14.4 Å². The maximum absolute atomic E-state index is 12.1. The number of nitrogens with one attached hydrogen (secondary N) is 2. The predicted molar refractivity (Wildman–Crippen MR) is 77.8 cm³/mol. The molecule has 1 fully saturated rings. The molecule has 0 aromatic carbocycles. The predicted octanol–water partition coefficient (Wildman–Crippen LogP) is 0.797. The Balaban J connectivity index is 2.39. The van der Waals surface area contributed by atoms with Crippen molar-refractivity contribution in [1.82, 2.24) is 15.5 Å². The SMILES string of the molecule is CC(NC(=O)NCC(C)(C)C(=O)O)C(=O)N1CCCCC1. The zero-order valence-corrected chi connectivity index (χ0v) is 12.9. The van der Waals surface area contributed by atoms with Gasteiger partial charge in [-0.2, -0.15) is 0 Å². The van der Waals surface area contributed by atoms with Gasteiger partial charge in [-0.1, -0.05) is 0 Å². The van der Waals surface area contributed by atoms with Crippen molar-refractivity contribution in [3.05, 3.63) is 0 Å². The van der Waals surface area contributed by atoms with Crippen molar-refractivity contribution in [2.75, 3.05) is 19.6 Å². The molecule has 1 rings (SSSR count). The summed E-state index contributed by atoms with van der Waals surface area (Å²) in [5.41, 5.74) is -1.04. The first kappa shape index (κ1) is 17.3. The Labute approximate surface area is 125 Å². The Morgan fingerprint density at radius 2 is 1.76 bits per heavy atom. The third kappa shape index (κ3) is 5.24. The molecule has 21 heavy (non-hydrogen) atoms. The minimum Gasteiger partial charge on any atom is -0.481 e. The number of carbonyl (C=O) groups is 3. The molecule has 120 valence electrons. The van der Waals surface area contributed by atoms with Crippen LogP contribution >= 0.6 is 0 Å². The fraction of sp³-hybridized carbons (Fsp3) is 0.786. The molecule has 0 aromatic heterocycles. The molecule has 3 amide bonds. The number of hydrogen-bond acceptors (Lipinski definition) is 3. The number of rotatable bonds is 5. The Kier molecular flexibility index (Phi) is 5.99. The van der Waals surface area contributed by atoms with E-state index in [2.05, 4.69) is 10.6 Å². The van der Waals surface area contributed by atoms with Crippen molar-refractivity contribution in [3.8, 4) is 0 Å². The smallest absolute Gasteiger partial charge is 0.315 e. The number of amides is 3. The number of carbonyl (C=O) groups excluding carboxylic acids is 2. The lowest BCUT2D eigenvalue weighted by atomic mass is 9.94. The summed E-state index contributed by atoms with van der Waals surface area (Å²) in [7, 11) is 0. The first-order valence-electron chi connectivity index (χ1n) is 7.30. The van der Waals surface area contributed by atoms with Crippen LogP contribution in [0.1, 0.15) is 40.0 Å². The number of aliphatic carboxylic acids is 1. The number of hydrogen-bond donors (Lipinski definition) is 3. The molecule has 1 aliphatic heterocycles. The molecule has 1 atom stereocenters. The van der Waals surface area contributed by atoms with Gasteiger partial charge in [-0.25, -0.2) is 4.79 Å². The van der Waals surface area contributed by atoms with Crippen molar-refractivity contribution >= 4 is 17.9 Å². The second-order valence-electron chi connectivity index (χ2n) is 6.12. The summed E-state index contributed by atoms with van der Waals surface area (Å²) in [5, 5.41) is 14.0. The maximum atomic E-state index is 12.1. The van der Waals surface area contributed by atoms with Gasteiger partial charge in [-0.05, 0) is 40.0 Å². The van der Waals surface area contributed by atoms with Crippen molar-refractivity contribution in [3.63, 3.8) is 0 Å². The van der Waals surface area contributed by atoms with Gasteiger partial charge >= 0.3 is 12.0 Å². The molecule has 0 aromatic rings. The van der Waals surface area contributed by atoms with Crippen LogP contribution in [0.4, 0.5) is 4.79 Å². The zero-order valence-electron chi connectivity index (χ0n) is 12.9. The maximum Gasteiger partial charge on any atom is 0.315 e. The van der Waals surface area contributed by atoms with Crippen molar-refractivity contribution in [2.24, 2.45) is 5.41 Å². The standard InChI is InChI=1S/C14H25N3O4/c1-10(11(18)17-7-5-4-6-8-17)16-13(21)15-9-14(2,3)12(19)20/h10H,4-9H2,1-3H3,(H,19,20)(H2,15,16,21). The Morgan fingerprint density at radius 1 is 1.19 bits per heavy atom. The Bertz CT molecular complexity index is 403. The van der Waals surface area contributed by atoms with Crippen LogP contribution in [0.2, 0.25) is 0 Å². The fourth-order valence-electron chi connectivity index (χ4n) is 2.07. The largest absolute Gasteiger partial charge is 0.481 e. The number of piperidine rings is 1. The molecule has 1 unspecified atom stereocenters. The highest BCUT2D eigenvalue weighted by atomic mass is 16.4. The molecule has 0 radical (unpaired) electrons. The number of urea groups is 1. The van der Waals surface area contributed by atoms with Gasteiger partial charge < -0.3 is 20.6 Å². The second-order valence-corrected chi connectivity index (χ2v) is 6.12. The average molecular weight is 299 g/mol. The molecule has 3 N–H and O–H groups in total. The quantitative estimate of drug-likeness (QED) is 0.699. The van der Waals surface area contributed by atoms with Crippen LogP contribution in [0.25, 0.3) is 0 Å².